The third-order valence-corrected chi connectivity index (χ3v) is 6.39. The second kappa shape index (κ2) is 16.5. The molecule has 0 unspecified atom stereocenters. The van der Waals surface area contributed by atoms with Crippen molar-refractivity contribution >= 4 is 75.6 Å². The lowest BCUT2D eigenvalue weighted by atomic mass is 10.2. The summed E-state index contributed by atoms with van der Waals surface area (Å²) in [6, 6.07) is 15.5. The smallest absolute Gasteiger partial charge is 0.341 e. The van der Waals surface area contributed by atoms with Crippen LogP contribution in [0.25, 0.3) is 0 Å². The first-order valence-corrected chi connectivity index (χ1v) is 13.2. The number of carboxylic acids is 2. The van der Waals surface area contributed by atoms with Crippen LogP contribution in [0.1, 0.15) is 10.4 Å². The van der Waals surface area contributed by atoms with Gasteiger partial charge in [-0.1, -0.05) is 64.1 Å². The molecule has 8 nitrogen and oxygen atoms in total. The molecule has 210 valence electrons. The summed E-state index contributed by atoms with van der Waals surface area (Å²) < 4.78 is 9.68. The van der Waals surface area contributed by atoms with Crippen molar-refractivity contribution in [2.45, 2.75) is 0 Å². The van der Waals surface area contributed by atoms with Crippen molar-refractivity contribution in [2.24, 2.45) is 0 Å². The van der Waals surface area contributed by atoms with Crippen LogP contribution >= 0.6 is 58.0 Å². The molecule has 1 fully saturated rings. The second-order valence-corrected chi connectivity index (χ2v) is 9.81. The highest BCUT2D eigenvalue weighted by atomic mass is 35.5. The van der Waals surface area contributed by atoms with Crippen molar-refractivity contribution < 1.29 is 29.3 Å². The van der Waals surface area contributed by atoms with E-state index in [4.69, 9.17) is 77.7 Å². The van der Waals surface area contributed by atoms with Gasteiger partial charge in [-0.2, -0.15) is 0 Å². The van der Waals surface area contributed by atoms with Gasteiger partial charge < -0.3 is 29.9 Å². The van der Waals surface area contributed by atoms with Crippen LogP contribution in [0.3, 0.4) is 0 Å². The van der Waals surface area contributed by atoms with Gasteiger partial charge in [0.25, 0.3) is 0 Å². The lowest BCUT2D eigenvalue weighted by Crippen LogP contribution is -2.43. The number of piperazine rings is 1. The number of nitrogens with one attached hydrogen (secondary N) is 1. The second-order valence-electron chi connectivity index (χ2n) is 7.72. The Labute approximate surface area is 250 Å². The van der Waals surface area contributed by atoms with E-state index in [0.717, 1.165) is 31.2 Å². The first kappa shape index (κ1) is 32.6. The van der Waals surface area contributed by atoms with E-state index in [1.165, 1.54) is 37.1 Å². The summed E-state index contributed by atoms with van der Waals surface area (Å²) in [7, 11) is 1.34. The number of anilines is 1. The number of nitrogens with zero attached hydrogens (tertiary/aromatic N) is 1. The van der Waals surface area contributed by atoms with Crippen LogP contribution in [0, 0.1) is 0 Å². The number of carboxylic acid groups (broad SMARTS) is 2. The lowest BCUT2D eigenvalue weighted by molar-refractivity contribution is -0.139. The molecular formula is C26H25Cl5N2O6. The van der Waals surface area contributed by atoms with Crippen molar-refractivity contribution in [1.82, 2.24) is 5.32 Å². The van der Waals surface area contributed by atoms with Gasteiger partial charge in [0, 0.05) is 41.9 Å². The van der Waals surface area contributed by atoms with E-state index in [1.54, 1.807) is 6.07 Å². The number of aliphatic carboxylic acids is 1. The zero-order valence-electron chi connectivity index (χ0n) is 20.6. The zero-order valence-corrected chi connectivity index (χ0v) is 24.4. The predicted molar refractivity (Wildman–Crippen MR) is 156 cm³/mol. The van der Waals surface area contributed by atoms with Crippen molar-refractivity contribution in [1.29, 1.82) is 0 Å². The molecule has 3 aromatic rings. The fourth-order valence-corrected chi connectivity index (χ4v) is 4.37. The molecule has 0 spiro atoms. The number of halogens is 5. The Morgan fingerprint density at radius 3 is 2.05 bits per heavy atom. The van der Waals surface area contributed by atoms with E-state index in [1.807, 2.05) is 18.2 Å². The molecule has 3 N–H and O–H groups in total. The summed E-state index contributed by atoms with van der Waals surface area (Å²) in [6.45, 7) is 3.85. The Bertz CT molecular complexity index is 1270. The molecule has 0 saturated carbocycles. The minimum Gasteiger partial charge on any atom is -0.494 e. The molecule has 1 aliphatic heterocycles. The van der Waals surface area contributed by atoms with E-state index in [-0.39, 0.29) is 21.4 Å². The topological polar surface area (TPSA) is 108 Å². The summed E-state index contributed by atoms with van der Waals surface area (Å²) >= 11 is 28.6. The maximum absolute atomic E-state index is 10.7. The Morgan fingerprint density at radius 2 is 1.51 bits per heavy atom. The van der Waals surface area contributed by atoms with Crippen LogP contribution in [-0.2, 0) is 4.79 Å². The van der Waals surface area contributed by atoms with Gasteiger partial charge in [0.05, 0.1) is 22.2 Å². The van der Waals surface area contributed by atoms with E-state index >= 15 is 0 Å². The largest absolute Gasteiger partial charge is 0.494 e. The number of aromatic carboxylic acids is 1. The summed E-state index contributed by atoms with van der Waals surface area (Å²) in [5.41, 5.74) is 1.12. The van der Waals surface area contributed by atoms with Crippen molar-refractivity contribution in [3.05, 3.63) is 85.3 Å². The van der Waals surface area contributed by atoms with Gasteiger partial charge in [-0.3, -0.25) is 0 Å². The molecule has 1 heterocycles. The van der Waals surface area contributed by atoms with Crippen LogP contribution in [0.4, 0.5) is 5.69 Å². The molecule has 0 radical (unpaired) electrons. The number of rotatable bonds is 6. The normalized spacial score (nSPS) is 12.3. The SMILES string of the molecule is COc1c(Cl)ccc(Cl)c1C(=O)O.Clc1cccc(N2CCNCC2)c1.O=C(O)COc1ccc(Cl)cc1Cl. The van der Waals surface area contributed by atoms with Gasteiger partial charge in [-0.25, -0.2) is 9.59 Å². The molecule has 0 aliphatic carbocycles. The first-order valence-electron chi connectivity index (χ1n) is 11.3. The highest BCUT2D eigenvalue weighted by molar-refractivity contribution is 6.37. The van der Waals surface area contributed by atoms with Crippen LogP contribution in [0.5, 0.6) is 11.5 Å². The molecule has 1 aliphatic rings. The molecule has 0 aromatic heterocycles. The first-order chi connectivity index (χ1) is 18.5. The van der Waals surface area contributed by atoms with Gasteiger partial charge in [-0.05, 0) is 48.5 Å². The number of methoxy groups -OCH3 is 1. The van der Waals surface area contributed by atoms with E-state index in [0.29, 0.717) is 15.8 Å². The molecule has 4 rings (SSSR count). The molecule has 39 heavy (non-hydrogen) atoms. The molecular weight excluding hydrogens is 614 g/mol. The van der Waals surface area contributed by atoms with Crippen LogP contribution in [0.2, 0.25) is 25.1 Å². The lowest BCUT2D eigenvalue weighted by Gasteiger charge is -2.29. The summed E-state index contributed by atoms with van der Waals surface area (Å²) in [5.74, 6) is -1.81. The predicted octanol–water partition coefficient (Wildman–Crippen LogP) is 6.91. The van der Waals surface area contributed by atoms with E-state index in [2.05, 4.69) is 16.3 Å². The number of hydrogen-bond acceptors (Lipinski definition) is 6. The summed E-state index contributed by atoms with van der Waals surface area (Å²) in [6.07, 6.45) is 0. The molecule has 13 heteroatoms. The maximum atomic E-state index is 10.7. The molecule has 0 amide bonds. The average Bonchev–Trinajstić information content (AvgIpc) is 2.90. The molecule has 3 aromatic carbocycles. The Morgan fingerprint density at radius 1 is 0.872 bits per heavy atom. The Balaban J connectivity index is 0.000000205. The molecule has 0 atom stereocenters. The Hall–Kier alpha value is -2.59. The van der Waals surface area contributed by atoms with Crippen molar-refractivity contribution in [3.8, 4) is 11.5 Å². The highest BCUT2D eigenvalue weighted by Gasteiger charge is 2.18. The van der Waals surface area contributed by atoms with E-state index in [9.17, 15) is 9.59 Å². The van der Waals surface area contributed by atoms with Gasteiger partial charge >= 0.3 is 11.9 Å². The fourth-order valence-electron chi connectivity index (χ4n) is 3.26. The van der Waals surface area contributed by atoms with Crippen molar-refractivity contribution in [2.75, 3.05) is 44.8 Å². The number of benzene rings is 3. The molecule has 1 saturated heterocycles. The summed E-state index contributed by atoms with van der Waals surface area (Å²) in [4.78, 5) is 23.2. The maximum Gasteiger partial charge on any atom is 0.341 e. The van der Waals surface area contributed by atoms with Gasteiger partial charge in [0.1, 0.15) is 11.3 Å². The van der Waals surface area contributed by atoms with Crippen molar-refractivity contribution in [3.63, 3.8) is 0 Å². The van der Waals surface area contributed by atoms with Gasteiger partial charge in [-0.15, -0.1) is 0 Å². The van der Waals surface area contributed by atoms with Gasteiger partial charge in [0.15, 0.2) is 12.4 Å². The third kappa shape index (κ3) is 10.8. The third-order valence-electron chi connectivity index (χ3n) is 5.01. The standard InChI is InChI=1S/C10H13ClN2.2C8H6Cl2O3/c11-9-2-1-3-10(8-9)13-6-4-12-5-7-13;1-13-7-5(10)3-2-4(9)6(7)8(11)12;9-5-1-2-7(6(10)3-5)13-4-8(11)12/h1-3,8,12H,4-7H2;2-3H,1H3,(H,11,12);1-3H,4H2,(H,11,12). The van der Waals surface area contributed by atoms with Crippen LogP contribution in [-0.4, -0.2) is 62.0 Å². The quantitative estimate of drug-likeness (QED) is 0.268. The minimum atomic E-state index is -1.16. The van der Waals surface area contributed by atoms with Crippen LogP contribution < -0.4 is 19.7 Å². The minimum absolute atomic E-state index is 0.0849. The zero-order chi connectivity index (χ0) is 28.9. The average molecular weight is 639 g/mol. The summed E-state index contributed by atoms with van der Waals surface area (Å²) in [5, 5.41) is 22.4. The molecule has 0 bridgehead atoms. The highest BCUT2D eigenvalue weighted by Crippen LogP contribution is 2.33. The van der Waals surface area contributed by atoms with Crippen LogP contribution in [0.15, 0.2) is 54.6 Å². The number of ether oxygens (including phenoxy) is 2. The Kier molecular flexibility index (Phi) is 13.8. The van der Waals surface area contributed by atoms with Gasteiger partial charge in [0.2, 0.25) is 0 Å². The fraction of sp³-hybridized carbons (Fsp3) is 0.231. The number of hydrogen-bond donors (Lipinski definition) is 3. The number of carbonyl (C=O) groups is 2. The monoisotopic (exact) mass is 636 g/mol. The van der Waals surface area contributed by atoms with E-state index < -0.39 is 18.5 Å².